The van der Waals surface area contributed by atoms with E-state index in [1.165, 1.54) is 0 Å². The normalized spacial score (nSPS) is 17.4. The fourth-order valence-electron chi connectivity index (χ4n) is 3.18. The van der Waals surface area contributed by atoms with Crippen molar-refractivity contribution in [1.82, 2.24) is 4.90 Å². The first kappa shape index (κ1) is 18.5. The number of hydrogen-bond acceptors (Lipinski definition) is 4. The molecule has 2 aromatic carbocycles. The van der Waals surface area contributed by atoms with Gasteiger partial charge in [-0.2, -0.15) is 0 Å². The molecule has 0 spiro atoms. The van der Waals surface area contributed by atoms with Crippen LogP contribution in [0.5, 0.6) is 11.5 Å². The van der Waals surface area contributed by atoms with Gasteiger partial charge in [0.25, 0.3) is 0 Å². The molecule has 3 rings (SSSR count). The molecule has 136 valence electrons. The molecule has 0 atom stereocenters. The number of benzene rings is 2. The highest BCUT2D eigenvalue weighted by Gasteiger charge is 2.42. The topological polar surface area (TPSA) is 46.6 Å². The van der Waals surface area contributed by atoms with E-state index in [1.807, 2.05) is 37.3 Å². The fraction of sp³-hybridized carbons (Fsp3) is 0.333. The van der Waals surface area contributed by atoms with Gasteiger partial charge in [-0.3, -0.25) is 4.90 Å². The Morgan fingerprint density at radius 1 is 1.04 bits per heavy atom. The third-order valence-electron chi connectivity index (χ3n) is 4.99. The van der Waals surface area contributed by atoms with Crippen molar-refractivity contribution < 1.29 is 13.2 Å². The van der Waals surface area contributed by atoms with Crippen molar-refractivity contribution in [3.05, 3.63) is 54.6 Å². The minimum atomic E-state index is -3.42. The number of terminal acetylenes is 1. The van der Waals surface area contributed by atoms with Crippen LogP contribution in [0.25, 0.3) is 0 Å². The van der Waals surface area contributed by atoms with Gasteiger partial charge in [0.05, 0.1) is 16.2 Å². The number of para-hydroxylation sites is 1. The first-order valence-corrected chi connectivity index (χ1v) is 10.2. The summed E-state index contributed by atoms with van der Waals surface area (Å²) >= 11 is 0. The van der Waals surface area contributed by atoms with Crippen LogP contribution < -0.4 is 4.74 Å². The summed E-state index contributed by atoms with van der Waals surface area (Å²) in [7, 11) is -3.42. The monoisotopic (exact) mass is 369 g/mol. The third kappa shape index (κ3) is 3.77. The van der Waals surface area contributed by atoms with Crippen LogP contribution in [-0.4, -0.2) is 37.7 Å². The molecule has 1 aliphatic rings. The Kier molecular flexibility index (Phi) is 5.36. The summed E-state index contributed by atoms with van der Waals surface area (Å²) in [5, 5.41) is 0. The molecule has 4 nitrogen and oxygen atoms in total. The van der Waals surface area contributed by atoms with Crippen molar-refractivity contribution in [2.24, 2.45) is 0 Å². The van der Waals surface area contributed by atoms with Gasteiger partial charge in [-0.25, -0.2) is 8.42 Å². The predicted molar refractivity (Wildman–Crippen MR) is 103 cm³/mol. The van der Waals surface area contributed by atoms with E-state index in [0.29, 0.717) is 43.1 Å². The highest BCUT2D eigenvalue weighted by Crippen LogP contribution is 2.35. The molecule has 1 saturated heterocycles. The number of likely N-dealkylation sites (tertiary alicyclic amines) is 1. The average Bonchev–Trinajstić information content (AvgIpc) is 2.65. The van der Waals surface area contributed by atoms with E-state index in [9.17, 15) is 8.42 Å². The van der Waals surface area contributed by atoms with Gasteiger partial charge >= 0.3 is 0 Å². The number of hydrogen-bond donors (Lipinski definition) is 0. The Labute approximate surface area is 155 Å². The van der Waals surface area contributed by atoms with E-state index in [-0.39, 0.29) is 0 Å². The fourth-order valence-corrected chi connectivity index (χ4v) is 4.96. The van der Waals surface area contributed by atoms with Crippen LogP contribution in [0.4, 0.5) is 0 Å². The molecule has 26 heavy (non-hydrogen) atoms. The van der Waals surface area contributed by atoms with Crippen molar-refractivity contribution >= 4 is 9.84 Å². The Morgan fingerprint density at radius 2 is 1.62 bits per heavy atom. The second-order valence-corrected chi connectivity index (χ2v) is 9.28. The largest absolute Gasteiger partial charge is 0.457 e. The molecular formula is C21H23NO3S. The van der Waals surface area contributed by atoms with Crippen molar-refractivity contribution in [2.75, 3.05) is 19.6 Å². The maximum absolute atomic E-state index is 13.1. The molecule has 0 aromatic heterocycles. The lowest BCUT2D eigenvalue weighted by molar-refractivity contribution is 0.223. The van der Waals surface area contributed by atoms with Crippen LogP contribution in [0.2, 0.25) is 0 Å². The van der Waals surface area contributed by atoms with Gasteiger partial charge in [0.2, 0.25) is 0 Å². The van der Waals surface area contributed by atoms with E-state index in [2.05, 4.69) is 10.8 Å². The SMILES string of the molecule is C#CCN1CCC(C)(S(=O)(=O)c2ccc(Oc3ccccc3)cc2)CC1. The van der Waals surface area contributed by atoms with Gasteiger partial charge in [0.1, 0.15) is 11.5 Å². The van der Waals surface area contributed by atoms with Gasteiger partial charge in [-0.15, -0.1) is 6.42 Å². The summed E-state index contributed by atoms with van der Waals surface area (Å²) in [5.74, 6) is 3.96. The average molecular weight is 369 g/mol. The molecule has 1 aliphatic heterocycles. The third-order valence-corrected chi connectivity index (χ3v) is 7.59. The Bertz CT molecular complexity index is 875. The molecule has 0 amide bonds. The zero-order chi connectivity index (χ0) is 18.6. The number of ether oxygens (including phenoxy) is 1. The zero-order valence-corrected chi connectivity index (χ0v) is 15.7. The van der Waals surface area contributed by atoms with Gasteiger partial charge in [-0.1, -0.05) is 24.1 Å². The quantitative estimate of drug-likeness (QED) is 0.753. The molecule has 0 unspecified atom stereocenters. The minimum absolute atomic E-state index is 0.339. The number of rotatable bonds is 5. The first-order chi connectivity index (χ1) is 12.4. The van der Waals surface area contributed by atoms with E-state index in [1.54, 1.807) is 24.3 Å². The maximum Gasteiger partial charge on any atom is 0.183 e. The predicted octanol–water partition coefficient (Wildman–Crippen LogP) is 3.74. The highest BCUT2D eigenvalue weighted by atomic mass is 32.2. The minimum Gasteiger partial charge on any atom is -0.457 e. The first-order valence-electron chi connectivity index (χ1n) is 8.68. The van der Waals surface area contributed by atoms with E-state index in [4.69, 9.17) is 11.2 Å². The lowest BCUT2D eigenvalue weighted by Gasteiger charge is -2.38. The Hall–Kier alpha value is -2.29. The zero-order valence-electron chi connectivity index (χ0n) is 14.9. The molecule has 0 radical (unpaired) electrons. The number of sulfone groups is 1. The molecule has 1 fully saturated rings. The van der Waals surface area contributed by atoms with Crippen molar-refractivity contribution in [3.8, 4) is 23.8 Å². The van der Waals surface area contributed by atoms with Crippen LogP contribution in [0.3, 0.4) is 0 Å². The summed E-state index contributed by atoms with van der Waals surface area (Å²) in [4.78, 5) is 2.46. The smallest absolute Gasteiger partial charge is 0.183 e. The molecule has 0 bridgehead atoms. The van der Waals surface area contributed by atoms with E-state index in [0.717, 1.165) is 5.75 Å². The summed E-state index contributed by atoms with van der Waals surface area (Å²) in [5.41, 5.74) is 0. The molecular weight excluding hydrogens is 346 g/mol. The summed E-state index contributed by atoms with van der Waals surface area (Å²) in [6.07, 6.45) is 6.52. The lowest BCUT2D eigenvalue weighted by Crippen LogP contribution is -2.47. The summed E-state index contributed by atoms with van der Waals surface area (Å²) in [6.45, 7) is 3.82. The van der Waals surface area contributed by atoms with Gasteiger partial charge < -0.3 is 4.74 Å². The molecule has 0 N–H and O–H groups in total. The van der Waals surface area contributed by atoms with Crippen LogP contribution >= 0.6 is 0 Å². The second kappa shape index (κ2) is 7.53. The van der Waals surface area contributed by atoms with Crippen LogP contribution in [0.15, 0.2) is 59.5 Å². The van der Waals surface area contributed by atoms with Gasteiger partial charge in [0.15, 0.2) is 9.84 Å². The van der Waals surface area contributed by atoms with Crippen molar-refractivity contribution in [2.45, 2.75) is 29.4 Å². The molecule has 0 saturated carbocycles. The molecule has 0 aliphatic carbocycles. The highest BCUT2D eigenvalue weighted by molar-refractivity contribution is 7.92. The number of nitrogens with zero attached hydrogens (tertiary/aromatic N) is 1. The molecule has 2 aromatic rings. The van der Waals surface area contributed by atoms with E-state index < -0.39 is 14.6 Å². The maximum atomic E-state index is 13.1. The van der Waals surface area contributed by atoms with Gasteiger partial charge in [-0.05, 0) is 56.2 Å². The number of piperidine rings is 1. The van der Waals surface area contributed by atoms with Crippen LogP contribution in [0.1, 0.15) is 19.8 Å². The second-order valence-electron chi connectivity index (χ2n) is 6.82. The summed E-state index contributed by atoms with van der Waals surface area (Å²) < 4.78 is 31.3. The Balaban J connectivity index is 1.74. The van der Waals surface area contributed by atoms with Crippen molar-refractivity contribution in [3.63, 3.8) is 0 Å². The molecule has 1 heterocycles. The van der Waals surface area contributed by atoms with Crippen LogP contribution in [0, 0.1) is 12.3 Å². The van der Waals surface area contributed by atoms with E-state index >= 15 is 0 Å². The van der Waals surface area contributed by atoms with Gasteiger partial charge in [0, 0.05) is 13.1 Å². The standard InChI is InChI=1S/C21H23NO3S/c1-3-15-22-16-13-21(2,14-17-22)26(23,24)20-11-9-19(10-12-20)25-18-7-5-4-6-8-18/h1,4-12H,13-17H2,2H3. The lowest BCUT2D eigenvalue weighted by atomic mass is 9.98. The van der Waals surface area contributed by atoms with Crippen molar-refractivity contribution in [1.29, 1.82) is 0 Å². The Morgan fingerprint density at radius 3 is 2.19 bits per heavy atom. The molecule has 5 heteroatoms. The summed E-state index contributed by atoms with van der Waals surface area (Å²) in [6, 6.07) is 16.1. The van der Waals surface area contributed by atoms with Crippen LogP contribution in [-0.2, 0) is 9.84 Å².